The number of nitrogens with one attached hydrogen (secondary N) is 1. The maximum absolute atomic E-state index is 10.8. The van der Waals surface area contributed by atoms with Gasteiger partial charge in [0.15, 0.2) is 0 Å². The lowest BCUT2D eigenvalue weighted by Crippen LogP contribution is -2.37. The Kier molecular flexibility index (Phi) is 4.15. The van der Waals surface area contributed by atoms with Crippen LogP contribution in [-0.4, -0.2) is 32.2 Å². The molecule has 1 amide bonds. The second kappa shape index (κ2) is 6.41. The third kappa shape index (κ3) is 3.19. The van der Waals surface area contributed by atoms with Gasteiger partial charge in [-0.15, -0.1) is 5.10 Å². The van der Waals surface area contributed by atoms with Crippen LogP contribution in [0.4, 0.5) is 4.79 Å². The van der Waals surface area contributed by atoms with Crippen molar-refractivity contribution in [2.75, 3.05) is 0 Å². The number of hydrogen-bond donors (Lipinski definition) is 2. The highest BCUT2D eigenvalue weighted by molar-refractivity contribution is 5.88. The molecule has 0 fully saturated rings. The summed E-state index contributed by atoms with van der Waals surface area (Å²) in [6, 6.07) is 3.80. The molecular weight excluding hydrogens is 314 g/mol. The van der Waals surface area contributed by atoms with Crippen molar-refractivity contribution in [3.05, 3.63) is 47.6 Å². The summed E-state index contributed by atoms with van der Waals surface area (Å²) in [5, 5.41) is 17.5. The first kappa shape index (κ1) is 15.5. The van der Waals surface area contributed by atoms with E-state index in [9.17, 15) is 4.79 Å². The summed E-state index contributed by atoms with van der Waals surface area (Å²) in [6.07, 6.45) is 3.30. The lowest BCUT2D eigenvalue weighted by Gasteiger charge is -2.17. The van der Waals surface area contributed by atoms with Crippen LogP contribution in [0.1, 0.15) is 17.0 Å². The Hall–Kier alpha value is -3.36. The molecule has 3 heterocycles. The number of ether oxygens (including phenoxy) is 1. The summed E-state index contributed by atoms with van der Waals surface area (Å²) in [7, 11) is 0. The Morgan fingerprint density at radius 2 is 2.25 bits per heavy atom. The molecule has 0 radical (unpaired) electrons. The van der Waals surface area contributed by atoms with Gasteiger partial charge in [-0.25, -0.2) is 10.3 Å². The van der Waals surface area contributed by atoms with Crippen LogP contribution in [0.3, 0.4) is 0 Å². The Morgan fingerprint density at radius 3 is 2.88 bits per heavy atom. The number of carboxylic acid groups (broad SMARTS) is 1. The molecule has 0 aromatic carbocycles. The highest BCUT2D eigenvalue weighted by atomic mass is 16.5. The first-order valence-corrected chi connectivity index (χ1v) is 7.09. The molecule has 124 valence electrons. The number of hydrazine groups is 1. The van der Waals surface area contributed by atoms with Crippen molar-refractivity contribution < 1.29 is 19.2 Å². The number of hydrogen-bond acceptors (Lipinski definition) is 7. The zero-order valence-corrected chi connectivity index (χ0v) is 13.1. The van der Waals surface area contributed by atoms with E-state index in [0.29, 0.717) is 11.5 Å². The summed E-state index contributed by atoms with van der Waals surface area (Å²) >= 11 is 0. The first-order valence-electron chi connectivity index (χ1n) is 7.09. The molecule has 0 saturated carbocycles. The third-order valence-electron chi connectivity index (χ3n) is 3.37. The van der Waals surface area contributed by atoms with Crippen molar-refractivity contribution in [3.63, 3.8) is 0 Å². The molecule has 0 bridgehead atoms. The topological polar surface area (TPSA) is 113 Å². The van der Waals surface area contributed by atoms with Crippen molar-refractivity contribution in [1.82, 2.24) is 20.7 Å². The second-order valence-electron chi connectivity index (χ2n) is 5.06. The lowest BCUT2D eigenvalue weighted by atomic mass is 10.1. The Morgan fingerprint density at radius 1 is 1.42 bits per heavy atom. The van der Waals surface area contributed by atoms with Crippen LogP contribution in [0.15, 0.2) is 40.2 Å². The molecule has 0 aliphatic carbocycles. The maximum Gasteiger partial charge on any atom is 0.431 e. The van der Waals surface area contributed by atoms with E-state index >= 15 is 0 Å². The van der Waals surface area contributed by atoms with Gasteiger partial charge < -0.3 is 14.4 Å². The SMILES string of the molecule is Cc1ccc(-c2noc(C)c2COC2=NNN(C(=O)O)C=C2)cn1. The van der Waals surface area contributed by atoms with E-state index in [4.69, 9.17) is 14.4 Å². The monoisotopic (exact) mass is 329 g/mol. The Balaban J connectivity index is 1.73. The Labute approximate surface area is 137 Å². The summed E-state index contributed by atoms with van der Waals surface area (Å²) in [5.74, 6) is 0.882. The van der Waals surface area contributed by atoms with Gasteiger partial charge in [-0.1, -0.05) is 5.16 Å². The van der Waals surface area contributed by atoms with Crippen molar-refractivity contribution >= 4 is 12.0 Å². The summed E-state index contributed by atoms with van der Waals surface area (Å²) in [6.45, 7) is 3.87. The minimum absolute atomic E-state index is 0.177. The average Bonchev–Trinajstić information content (AvgIpc) is 2.95. The molecule has 1 aliphatic rings. The molecule has 2 aromatic rings. The van der Waals surface area contributed by atoms with Crippen LogP contribution in [0.2, 0.25) is 0 Å². The van der Waals surface area contributed by atoms with Crippen LogP contribution in [0.25, 0.3) is 11.3 Å². The number of carbonyl (C=O) groups is 1. The molecule has 0 unspecified atom stereocenters. The van der Waals surface area contributed by atoms with E-state index in [-0.39, 0.29) is 12.5 Å². The minimum Gasteiger partial charge on any atom is -0.471 e. The number of hydrazone groups is 1. The highest BCUT2D eigenvalue weighted by Gasteiger charge is 2.17. The van der Waals surface area contributed by atoms with E-state index in [2.05, 4.69) is 20.8 Å². The number of nitrogens with zero attached hydrogens (tertiary/aromatic N) is 4. The molecule has 9 nitrogen and oxygen atoms in total. The lowest BCUT2D eigenvalue weighted by molar-refractivity contribution is 0.143. The predicted molar refractivity (Wildman–Crippen MR) is 83.6 cm³/mol. The molecule has 0 saturated heterocycles. The number of amides is 1. The summed E-state index contributed by atoms with van der Waals surface area (Å²) in [4.78, 5) is 15.0. The molecule has 0 atom stereocenters. The first-order chi connectivity index (χ1) is 11.5. The Bertz CT molecular complexity index is 810. The standard InChI is InChI=1S/C15H15N5O4/c1-9-3-4-11(7-16-9)14-12(10(2)24-18-14)8-23-13-5-6-20(15(21)22)19-17-13/h3-7,19H,8H2,1-2H3,(H,21,22). The predicted octanol–water partition coefficient (Wildman–Crippen LogP) is 2.20. The highest BCUT2D eigenvalue weighted by Crippen LogP contribution is 2.25. The zero-order valence-electron chi connectivity index (χ0n) is 13.1. The zero-order chi connectivity index (χ0) is 17.1. The van der Waals surface area contributed by atoms with Crippen molar-refractivity contribution in [2.24, 2.45) is 5.10 Å². The van der Waals surface area contributed by atoms with Crippen molar-refractivity contribution in [1.29, 1.82) is 0 Å². The van der Waals surface area contributed by atoms with Gasteiger partial charge in [-0.3, -0.25) is 4.98 Å². The molecule has 2 aromatic heterocycles. The fraction of sp³-hybridized carbons (Fsp3) is 0.200. The smallest absolute Gasteiger partial charge is 0.431 e. The molecule has 9 heteroatoms. The minimum atomic E-state index is -1.17. The molecule has 24 heavy (non-hydrogen) atoms. The van der Waals surface area contributed by atoms with Gasteiger partial charge in [0.2, 0.25) is 5.90 Å². The van der Waals surface area contributed by atoms with Gasteiger partial charge in [0, 0.05) is 29.7 Å². The molecule has 1 aliphatic heterocycles. The van der Waals surface area contributed by atoms with E-state index in [0.717, 1.165) is 21.8 Å². The van der Waals surface area contributed by atoms with Gasteiger partial charge in [0.05, 0.1) is 5.56 Å². The molecular formula is C15H15N5O4. The van der Waals surface area contributed by atoms with Crippen LogP contribution in [0, 0.1) is 13.8 Å². The van der Waals surface area contributed by atoms with Crippen molar-refractivity contribution in [2.45, 2.75) is 20.5 Å². The van der Waals surface area contributed by atoms with Gasteiger partial charge in [-0.2, -0.15) is 5.01 Å². The van der Waals surface area contributed by atoms with Crippen molar-refractivity contribution in [3.8, 4) is 11.3 Å². The quantitative estimate of drug-likeness (QED) is 0.887. The van der Waals surface area contributed by atoms with Crippen LogP contribution < -0.4 is 5.53 Å². The van der Waals surface area contributed by atoms with E-state index < -0.39 is 6.09 Å². The third-order valence-corrected chi connectivity index (χ3v) is 3.37. The largest absolute Gasteiger partial charge is 0.471 e. The fourth-order valence-electron chi connectivity index (χ4n) is 2.04. The van der Waals surface area contributed by atoms with Gasteiger partial charge >= 0.3 is 6.09 Å². The number of aryl methyl sites for hydroxylation is 2. The molecule has 2 N–H and O–H groups in total. The van der Waals surface area contributed by atoms with E-state index in [1.807, 2.05) is 19.1 Å². The summed E-state index contributed by atoms with van der Waals surface area (Å²) < 4.78 is 10.8. The number of rotatable bonds is 3. The molecule has 3 rings (SSSR count). The van der Waals surface area contributed by atoms with Crippen LogP contribution >= 0.6 is 0 Å². The van der Waals surface area contributed by atoms with Crippen LogP contribution in [0.5, 0.6) is 0 Å². The van der Waals surface area contributed by atoms with E-state index in [1.54, 1.807) is 13.1 Å². The second-order valence-corrected chi connectivity index (χ2v) is 5.06. The van der Waals surface area contributed by atoms with Gasteiger partial charge in [0.25, 0.3) is 0 Å². The fourth-order valence-corrected chi connectivity index (χ4v) is 2.04. The number of aromatic nitrogens is 2. The summed E-state index contributed by atoms with van der Waals surface area (Å²) in [5.41, 5.74) is 5.49. The average molecular weight is 329 g/mol. The van der Waals surface area contributed by atoms with Crippen LogP contribution in [-0.2, 0) is 11.3 Å². The maximum atomic E-state index is 10.8. The van der Waals surface area contributed by atoms with E-state index in [1.165, 1.54) is 12.3 Å². The van der Waals surface area contributed by atoms with Gasteiger partial charge in [-0.05, 0) is 26.0 Å². The number of pyridine rings is 1. The molecule has 0 spiro atoms. The van der Waals surface area contributed by atoms with Gasteiger partial charge in [0.1, 0.15) is 18.1 Å². The normalized spacial score (nSPS) is 13.4.